The molecule has 2 heterocycles. The van der Waals surface area contributed by atoms with Gasteiger partial charge in [0.05, 0.1) is 12.0 Å². The summed E-state index contributed by atoms with van der Waals surface area (Å²) in [5.74, 6) is 0.787. The Balaban J connectivity index is 1.59. The molecular weight excluding hydrogens is 324 g/mol. The van der Waals surface area contributed by atoms with Crippen LogP contribution in [0.25, 0.3) is 0 Å². The Morgan fingerprint density at radius 3 is 2.00 bits per heavy atom. The molecule has 0 unspecified atom stereocenters. The predicted molar refractivity (Wildman–Crippen MR) is 93.9 cm³/mol. The lowest BCUT2D eigenvalue weighted by Gasteiger charge is -2.34. The fraction of sp³-hybridized carbons (Fsp3) is 0.333. The Kier molecular flexibility index (Phi) is 4.85. The molecule has 0 bridgehead atoms. The van der Waals surface area contributed by atoms with Gasteiger partial charge in [0.1, 0.15) is 5.75 Å². The summed E-state index contributed by atoms with van der Waals surface area (Å²) in [5, 5.41) is 0. The number of rotatable bonds is 3. The van der Waals surface area contributed by atoms with Gasteiger partial charge in [0.25, 0.3) is 11.8 Å². The van der Waals surface area contributed by atoms with Crippen molar-refractivity contribution in [2.75, 3.05) is 33.3 Å². The highest BCUT2D eigenvalue weighted by Gasteiger charge is 2.26. The third-order valence-electron chi connectivity index (χ3n) is 4.14. The second kappa shape index (κ2) is 7.05. The molecule has 24 heavy (non-hydrogen) atoms. The van der Waals surface area contributed by atoms with E-state index in [1.54, 1.807) is 36.3 Å². The Morgan fingerprint density at radius 2 is 1.50 bits per heavy atom. The van der Waals surface area contributed by atoms with E-state index in [4.69, 9.17) is 4.74 Å². The largest absolute Gasteiger partial charge is 0.497 e. The van der Waals surface area contributed by atoms with Gasteiger partial charge in [-0.25, -0.2) is 0 Å². The maximum absolute atomic E-state index is 12.5. The average Bonchev–Trinajstić information content (AvgIpc) is 3.07. The van der Waals surface area contributed by atoms with Crippen LogP contribution in [0.15, 0.2) is 36.4 Å². The summed E-state index contributed by atoms with van der Waals surface area (Å²) in [6, 6.07) is 10.9. The molecule has 1 aliphatic heterocycles. The summed E-state index contributed by atoms with van der Waals surface area (Å²) in [6.07, 6.45) is 0. The van der Waals surface area contributed by atoms with Gasteiger partial charge in [-0.2, -0.15) is 0 Å². The van der Waals surface area contributed by atoms with Gasteiger partial charge in [-0.05, 0) is 43.3 Å². The predicted octanol–water partition coefficient (Wildman–Crippen LogP) is 2.66. The van der Waals surface area contributed by atoms with Gasteiger partial charge in [-0.3, -0.25) is 9.59 Å². The average molecular weight is 344 g/mol. The van der Waals surface area contributed by atoms with Crippen molar-refractivity contribution in [3.63, 3.8) is 0 Å². The minimum absolute atomic E-state index is 0.00304. The van der Waals surface area contributed by atoms with Crippen LogP contribution in [0.2, 0.25) is 0 Å². The zero-order valence-corrected chi connectivity index (χ0v) is 14.6. The monoisotopic (exact) mass is 344 g/mol. The van der Waals surface area contributed by atoms with E-state index in [9.17, 15) is 9.59 Å². The molecule has 0 aliphatic carbocycles. The molecule has 1 aromatic heterocycles. The molecule has 3 rings (SSSR count). The summed E-state index contributed by atoms with van der Waals surface area (Å²) in [6.45, 7) is 4.24. The van der Waals surface area contributed by atoms with E-state index in [1.165, 1.54) is 11.3 Å². The third kappa shape index (κ3) is 3.43. The van der Waals surface area contributed by atoms with E-state index in [1.807, 2.05) is 24.0 Å². The second-order valence-corrected chi connectivity index (χ2v) is 7.01. The fourth-order valence-corrected chi connectivity index (χ4v) is 3.57. The summed E-state index contributed by atoms with van der Waals surface area (Å²) < 4.78 is 5.11. The summed E-state index contributed by atoms with van der Waals surface area (Å²) in [5.41, 5.74) is 0.643. The third-order valence-corrected chi connectivity index (χ3v) is 5.13. The molecular formula is C18H20N2O3S. The normalized spacial score (nSPS) is 14.6. The zero-order valence-electron chi connectivity index (χ0n) is 13.8. The molecule has 0 spiro atoms. The van der Waals surface area contributed by atoms with Crippen LogP contribution < -0.4 is 4.74 Å². The van der Waals surface area contributed by atoms with Gasteiger partial charge in [0.2, 0.25) is 0 Å². The minimum atomic E-state index is -0.00304. The molecule has 0 N–H and O–H groups in total. The number of aryl methyl sites for hydroxylation is 1. The van der Waals surface area contributed by atoms with Crippen LogP contribution in [0.5, 0.6) is 5.75 Å². The number of hydrogen-bond acceptors (Lipinski definition) is 4. The van der Waals surface area contributed by atoms with Crippen molar-refractivity contribution in [3.8, 4) is 5.75 Å². The van der Waals surface area contributed by atoms with E-state index < -0.39 is 0 Å². The summed E-state index contributed by atoms with van der Waals surface area (Å²) in [7, 11) is 1.60. The zero-order chi connectivity index (χ0) is 17.1. The molecule has 1 aliphatic rings. The standard InChI is InChI=1S/C18H20N2O3S/c1-13-3-8-16(24-13)18(22)20-11-9-19(10-12-20)17(21)14-4-6-15(23-2)7-5-14/h3-8H,9-12H2,1-2H3. The Bertz CT molecular complexity index is 731. The van der Waals surface area contributed by atoms with E-state index in [-0.39, 0.29) is 11.8 Å². The number of benzene rings is 1. The molecule has 1 aromatic carbocycles. The molecule has 2 aromatic rings. The number of ether oxygens (including phenoxy) is 1. The highest BCUT2D eigenvalue weighted by Crippen LogP contribution is 2.19. The molecule has 2 amide bonds. The van der Waals surface area contributed by atoms with Gasteiger partial charge < -0.3 is 14.5 Å². The van der Waals surface area contributed by atoms with E-state index in [2.05, 4.69) is 0 Å². The van der Waals surface area contributed by atoms with Crippen molar-refractivity contribution < 1.29 is 14.3 Å². The first-order valence-corrected chi connectivity index (χ1v) is 8.69. The summed E-state index contributed by atoms with van der Waals surface area (Å²) in [4.78, 5) is 30.5. The first kappa shape index (κ1) is 16.5. The highest BCUT2D eigenvalue weighted by molar-refractivity contribution is 7.13. The Hall–Kier alpha value is -2.34. The van der Waals surface area contributed by atoms with Crippen LogP contribution in [0.4, 0.5) is 0 Å². The van der Waals surface area contributed by atoms with Crippen LogP contribution in [0.3, 0.4) is 0 Å². The Labute approximate surface area is 145 Å². The van der Waals surface area contributed by atoms with Gasteiger partial charge in [-0.1, -0.05) is 0 Å². The number of carbonyl (C=O) groups excluding carboxylic acids is 2. The van der Waals surface area contributed by atoms with Crippen LogP contribution in [0.1, 0.15) is 24.9 Å². The van der Waals surface area contributed by atoms with Crippen LogP contribution in [-0.4, -0.2) is 54.9 Å². The van der Waals surface area contributed by atoms with E-state index >= 15 is 0 Å². The van der Waals surface area contributed by atoms with Crippen LogP contribution >= 0.6 is 11.3 Å². The molecule has 0 atom stereocenters. The van der Waals surface area contributed by atoms with E-state index in [0.717, 1.165) is 15.5 Å². The van der Waals surface area contributed by atoms with Gasteiger partial charge >= 0.3 is 0 Å². The first-order chi connectivity index (χ1) is 11.6. The lowest BCUT2D eigenvalue weighted by molar-refractivity contribution is 0.0538. The van der Waals surface area contributed by atoms with Crippen molar-refractivity contribution >= 4 is 23.2 Å². The molecule has 0 saturated carbocycles. The van der Waals surface area contributed by atoms with Crippen LogP contribution in [0, 0.1) is 6.92 Å². The van der Waals surface area contributed by atoms with Gasteiger partial charge in [0.15, 0.2) is 0 Å². The smallest absolute Gasteiger partial charge is 0.264 e. The molecule has 126 valence electrons. The number of nitrogens with zero attached hydrogens (tertiary/aromatic N) is 2. The minimum Gasteiger partial charge on any atom is -0.497 e. The number of methoxy groups -OCH3 is 1. The number of hydrogen-bond donors (Lipinski definition) is 0. The fourth-order valence-electron chi connectivity index (χ4n) is 2.73. The second-order valence-electron chi connectivity index (χ2n) is 5.72. The SMILES string of the molecule is COc1ccc(C(=O)N2CCN(C(=O)c3ccc(C)s3)CC2)cc1. The number of piperazine rings is 1. The van der Waals surface area contributed by atoms with Crippen molar-refractivity contribution in [1.82, 2.24) is 9.80 Å². The topological polar surface area (TPSA) is 49.9 Å². The van der Waals surface area contributed by atoms with Crippen LogP contribution in [-0.2, 0) is 0 Å². The number of amides is 2. The van der Waals surface area contributed by atoms with E-state index in [0.29, 0.717) is 31.7 Å². The lowest BCUT2D eigenvalue weighted by atomic mass is 10.1. The molecule has 1 fully saturated rings. The first-order valence-electron chi connectivity index (χ1n) is 7.87. The Morgan fingerprint density at radius 1 is 0.917 bits per heavy atom. The number of carbonyl (C=O) groups is 2. The number of thiophene rings is 1. The lowest BCUT2D eigenvalue weighted by Crippen LogP contribution is -2.50. The van der Waals surface area contributed by atoms with Crippen molar-refractivity contribution in [3.05, 3.63) is 51.7 Å². The molecule has 1 saturated heterocycles. The van der Waals surface area contributed by atoms with Crippen molar-refractivity contribution in [2.45, 2.75) is 6.92 Å². The van der Waals surface area contributed by atoms with Gasteiger partial charge in [-0.15, -0.1) is 11.3 Å². The molecule has 6 heteroatoms. The van der Waals surface area contributed by atoms with Crippen molar-refractivity contribution in [1.29, 1.82) is 0 Å². The highest BCUT2D eigenvalue weighted by atomic mass is 32.1. The molecule has 0 radical (unpaired) electrons. The van der Waals surface area contributed by atoms with Gasteiger partial charge in [0, 0.05) is 36.6 Å². The maximum atomic E-state index is 12.5. The maximum Gasteiger partial charge on any atom is 0.264 e. The summed E-state index contributed by atoms with van der Waals surface area (Å²) >= 11 is 1.51. The van der Waals surface area contributed by atoms with Crippen molar-refractivity contribution in [2.24, 2.45) is 0 Å². The quantitative estimate of drug-likeness (QED) is 0.860. The molecule has 5 nitrogen and oxygen atoms in total.